The van der Waals surface area contributed by atoms with Crippen LogP contribution < -0.4 is 10.6 Å². The van der Waals surface area contributed by atoms with Crippen molar-refractivity contribution in [2.75, 3.05) is 66.1 Å². The minimum Gasteiger partial charge on any atom is -0.379 e. The molecule has 2 unspecified atom stereocenters. The standard InChI is InChI=1S/C22H39N5OS/c1-18(2)16-26-8-4-6-19(17-26)14-24-22(23-3)25-15-20(21-7-5-13-29-21)27-9-11-28-12-10-27/h5,7,13,18-20H,4,6,8-12,14-17H2,1-3H3,(H2,23,24,25). The summed E-state index contributed by atoms with van der Waals surface area (Å²) in [6, 6.07) is 4.76. The number of hydrogen-bond donors (Lipinski definition) is 2. The molecule has 2 N–H and O–H groups in total. The van der Waals surface area contributed by atoms with Crippen LogP contribution in [0.2, 0.25) is 0 Å². The monoisotopic (exact) mass is 421 g/mol. The molecule has 0 bridgehead atoms. The van der Waals surface area contributed by atoms with E-state index in [4.69, 9.17) is 4.74 Å². The van der Waals surface area contributed by atoms with E-state index >= 15 is 0 Å². The first-order valence-corrected chi connectivity index (χ1v) is 12.1. The first-order valence-electron chi connectivity index (χ1n) is 11.2. The van der Waals surface area contributed by atoms with E-state index in [1.807, 2.05) is 18.4 Å². The average Bonchev–Trinajstić information content (AvgIpc) is 3.25. The summed E-state index contributed by atoms with van der Waals surface area (Å²) in [5.74, 6) is 2.36. The molecule has 0 aromatic carbocycles. The summed E-state index contributed by atoms with van der Waals surface area (Å²) in [6.07, 6.45) is 2.62. The predicted molar refractivity (Wildman–Crippen MR) is 123 cm³/mol. The van der Waals surface area contributed by atoms with Crippen molar-refractivity contribution >= 4 is 17.3 Å². The molecule has 2 saturated heterocycles. The maximum Gasteiger partial charge on any atom is 0.191 e. The third kappa shape index (κ3) is 7.24. The number of aliphatic imine (C=N–C) groups is 1. The quantitative estimate of drug-likeness (QED) is 0.499. The van der Waals surface area contributed by atoms with Crippen molar-refractivity contribution in [3.8, 4) is 0 Å². The highest BCUT2D eigenvalue weighted by Crippen LogP contribution is 2.25. The molecular weight excluding hydrogens is 382 g/mol. The second-order valence-corrected chi connectivity index (χ2v) is 9.65. The molecule has 0 radical (unpaired) electrons. The first-order chi connectivity index (χ1) is 14.2. The van der Waals surface area contributed by atoms with Crippen molar-refractivity contribution in [3.63, 3.8) is 0 Å². The summed E-state index contributed by atoms with van der Waals surface area (Å²) >= 11 is 1.84. The highest BCUT2D eigenvalue weighted by Gasteiger charge is 2.24. The number of piperidine rings is 1. The average molecular weight is 422 g/mol. The number of morpholine rings is 1. The molecule has 1 aromatic rings. The number of thiophene rings is 1. The zero-order chi connectivity index (χ0) is 20.5. The van der Waals surface area contributed by atoms with Crippen LogP contribution in [0.4, 0.5) is 0 Å². The Labute approximate surface area is 180 Å². The van der Waals surface area contributed by atoms with Gasteiger partial charge in [-0.25, -0.2) is 0 Å². The lowest BCUT2D eigenvalue weighted by Crippen LogP contribution is -2.48. The molecule has 2 atom stereocenters. The molecule has 2 aliphatic heterocycles. The minimum absolute atomic E-state index is 0.369. The van der Waals surface area contributed by atoms with Gasteiger partial charge in [-0.2, -0.15) is 0 Å². The van der Waals surface area contributed by atoms with Crippen LogP contribution in [0, 0.1) is 11.8 Å². The Morgan fingerprint density at radius 3 is 2.79 bits per heavy atom. The lowest BCUT2D eigenvalue weighted by atomic mass is 9.97. The fraction of sp³-hybridized carbons (Fsp3) is 0.773. The van der Waals surface area contributed by atoms with Crippen LogP contribution in [0.15, 0.2) is 22.5 Å². The van der Waals surface area contributed by atoms with Gasteiger partial charge in [-0.1, -0.05) is 19.9 Å². The fourth-order valence-electron chi connectivity index (χ4n) is 4.43. The van der Waals surface area contributed by atoms with Gasteiger partial charge < -0.3 is 20.3 Å². The molecule has 2 fully saturated rings. The summed E-state index contributed by atoms with van der Waals surface area (Å²) in [5.41, 5.74) is 0. The van der Waals surface area contributed by atoms with Crippen LogP contribution in [0.25, 0.3) is 0 Å². The van der Waals surface area contributed by atoms with Crippen LogP contribution in [-0.2, 0) is 4.74 Å². The van der Waals surface area contributed by atoms with Crippen molar-refractivity contribution in [1.29, 1.82) is 0 Å². The highest BCUT2D eigenvalue weighted by atomic mass is 32.1. The molecule has 2 aliphatic rings. The second-order valence-electron chi connectivity index (χ2n) is 8.68. The Kier molecular flexibility index (Phi) is 9.24. The molecule has 0 aliphatic carbocycles. The van der Waals surface area contributed by atoms with Gasteiger partial charge >= 0.3 is 0 Å². The van der Waals surface area contributed by atoms with Crippen molar-refractivity contribution in [1.82, 2.24) is 20.4 Å². The number of ether oxygens (including phenoxy) is 1. The first kappa shape index (κ1) is 22.5. The summed E-state index contributed by atoms with van der Waals surface area (Å²) in [5, 5.41) is 9.35. The van der Waals surface area contributed by atoms with Crippen LogP contribution in [-0.4, -0.2) is 81.8 Å². The topological polar surface area (TPSA) is 52.1 Å². The number of likely N-dealkylation sites (tertiary alicyclic amines) is 1. The van der Waals surface area contributed by atoms with Crippen LogP contribution in [0.1, 0.15) is 37.6 Å². The van der Waals surface area contributed by atoms with E-state index in [9.17, 15) is 0 Å². The van der Waals surface area contributed by atoms with Gasteiger partial charge in [0.2, 0.25) is 0 Å². The van der Waals surface area contributed by atoms with E-state index in [0.717, 1.165) is 51.3 Å². The SMILES string of the molecule is CN=C(NCC1CCCN(CC(C)C)C1)NCC(c1cccs1)N1CCOCC1. The number of rotatable bonds is 8. The van der Waals surface area contributed by atoms with Crippen molar-refractivity contribution in [3.05, 3.63) is 22.4 Å². The van der Waals surface area contributed by atoms with Crippen molar-refractivity contribution in [2.24, 2.45) is 16.8 Å². The molecule has 0 spiro atoms. The van der Waals surface area contributed by atoms with Crippen molar-refractivity contribution in [2.45, 2.75) is 32.7 Å². The Hall–Kier alpha value is -1.15. The Morgan fingerprint density at radius 2 is 2.10 bits per heavy atom. The number of hydrogen-bond acceptors (Lipinski definition) is 5. The maximum absolute atomic E-state index is 5.55. The van der Waals surface area contributed by atoms with E-state index in [1.165, 1.54) is 37.4 Å². The predicted octanol–water partition coefficient (Wildman–Crippen LogP) is 2.65. The van der Waals surface area contributed by atoms with E-state index < -0.39 is 0 Å². The molecule has 7 heteroatoms. The third-order valence-corrected chi connectivity index (χ3v) is 6.80. The fourth-order valence-corrected chi connectivity index (χ4v) is 5.30. The highest BCUT2D eigenvalue weighted by molar-refractivity contribution is 7.10. The van der Waals surface area contributed by atoms with Crippen LogP contribution in [0.5, 0.6) is 0 Å². The second kappa shape index (κ2) is 11.9. The van der Waals surface area contributed by atoms with E-state index in [2.05, 4.69) is 56.8 Å². The van der Waals surface area contributed by atoms with E-state index in [0.29, 0.717) is 12.0 Å². The molecule has 164 valence electrons. The Balaban J connectivity index is 1.48. The van der Waals surface area contributed by atoms with Gasteiger partial charge in [-0.3, -0.25) is 9.89 Å². The Bertz CT molecular complexity index is 600. The van der Waals surface area contributed by atoms with Gasteiger partial charge in [0.25, 0.3) is 0 Å². The zero-order valence-corrected chi connectivity index (χ0v) is 19.2. The van der Waals surface area contributed by atoms with Crippen molar-refractivity contribution < 1.29 is 4.74 Å². The molecule has 3 rings (SSSR count). The molecule has 0 saturated carbocycles. The summed E-state index contributed by atoms with van der Waals surface area (Å²) < 4.78 is 5.55. The van der Waals surface area contributed by atoms with Gasteiger partial charge in [0, 0.05) is 51.2 Å². The normalized spacial score (nSPS) is 23.3. The third-order valence-electron chi connectivity index (χ3n) is 5.83. The van der Waals surface area contributed by atoms with Gasteiger partial charge in [0.15, 0.2) is 5.96 Å². The van der Waals surface area contributed by atoms with E-state index in [1.54, 1.807) is 0 Å². The maximum atomic E-state index is 5.55. The largest absolute Gasteiger partial charge is 0.379 e. The Morgan fingerprint density at radius 1 is 1.28 bits per heavy atom. The lowest BCUT2D eigenvalue weighted by Gasteiger charge is -2.35. The number of nitrogens with one attached hydrogen (secondary N) is 2. The van der Waals surface area contributed by atoms with E-state index in [-0.39, 0.29) is 0 Å². The summed E-state index contributed by atoms with van der Waals surface area (Å²) in [6.45, 7) is 13.8. The lowest BCUT2D eigenvalue weighted by molar-refractivity contribution is 0.0177. The van der Waals surface area contributed by atoms with Gasteiger partial charge in [-0.05, 0) is 42.7 Å². The smallest absolute Gasteiger partial charge is 0.191 e. The molecular formula is C22H39N5OS. The minimum atomic E-state index is 0.369. The molecule has 6 nitrogen and oxygen atoms in total. The molecule has 0 amide bonds. The number of guanidine groups is 1. The zero-order valence-electron chi connectivity index (χ0n) is 18.4. The van der Waals surface area contributed by atoms with Gasteiger partial charge in [0.1, 0.15) is 0 Å². The molecule has 29 heavy (non-hydrogen) atoms. The molecule has 1 aromatic heterocycles. The van der Waals surface area contributed by atoms with Gasteiger partial charge in [0.05, 0.1) is 19.3 Å². The summed E-state index contributed by atoms with van der Waals surface area (Å²) in [7, 11) is 1.87. The molecule has 3 heterocycles. The van der Waals surface area contributed by atoms with Crippen LogP contribution >= 0.6 is 11.3 Å². The number of nitrogens with zero attached hydrogens (tertiary/aromatic N) is 3. The van der Waals surface area contributed by atoms with Crippen LogP contribution in [0.3, 0.4) is 0 Å². The van der Waals surface area contributed by atoms with Gasteiger partial charge in [-0.15, -0.1) is 11.3 Å². The summed E-state index contributed by atoms with van der Waals surface area (Å²) in [4.78, 5) is 11.0.